The van der Waals surface area contributed by atoms with Gasteiger partial charge in [-0.2, -0.15) is 0 Å². The van der Waals surface area contributed by atoms with E-state index in [9.17, 15) is 0 Å². The van der Waals surface area contributed by atoms with Gasteiger partial charge in [0.05, 0.1) is 0 Å². The monoisotopic (exact) mass is 110 g/mol. The van der Waals surface area contributed by atoms with E-state index < -0.39 is 0 Å². The van der Waals surface area contributed by atoms with Crippen LogP contribution in [-0.4, -0.2) is 6.04 Å². The molecule has 0 aliphatic carbocycles. The van der Waals surface area contributed by atoms with Crippen molar-refractivity contribution in [1.29, 1.82) is 0 Å². The molecule has 0 saturated carbocycles. The van der Waals surface area contributed by atoms with Crippen molar-refractivity contribution in [1.82, 2.24) is 5.32 Å². The third-order valence-electron chi connectivity index (χ3n) is 2.23. The maximum atomic E-state index is 3.51. The molecule has 2 aliphatic rings. The van der Waals surface area contributed by atoms with E-state index in [0.29, 0.717) is 0 Å². The van der Waals surface area contributed by atoms with Crippen LogP contribution >= 0.6 is 0 Å². The summed E-state index contributed by atoms with van der Waals surface area (Å²) < 4.78 is 0. The van der Waals surface area contributed by atoms with Crippen molar-refractivity contribution in [3.63, 3.8) is 0 Å². The number of hydrogen-bond acceptors (Lipinski definition) is 1. The second-order valence-corrected chi connectivity index (χ2v) is 2.88. The molecule has 2 aliphatic heterocycles. The molecule has 0 aromatic rings. The Morgan fingerprint density at radius 3 is 3.00 bits per heavy atom. The summed E-state index contributed by atoms with van der Waals surface area (Å²) in [6, 6.07) is 2.50. The van der Waals surface area contributed by atoms with Crippen molar-refractivity contribution in [3.05, 3.63) is 6.04 Å². The molecule has 0 amide bonds. The predicted octanol–water partition coefficient (Wildman–Crippen LogP) is 1.45. The van der Waals surface area contributed by atoms with E-state index in [1.54, 1.807) is 6.04 Å². The molecule has 1 nitrogen and oxygen atoms in total. The standard InChI is InChI=1S/C7H12N/c1-2-6-4-5-7(3-1)8-6/h6,8H,1-5H2/t6-/m0/s1. The zero-order chi connectivity index (χ0) is 5.40. The van der Waals surface area contributed by atoms with E-state index in [4.69, 9.17) is 0 Å². The molecule has 2 fully saturated rings. The van der Waals surface area contributed by atoms with Crippen LogP contribution in [0.4, 0.5) is 0 Å². The number of piperidine rings is 1. The smallest absolute Gasteiger partial charge is 0.0366 e. The molecule has 1 atom stereocenters. The van der Waals surface area contributed by atoms with Gasteiger partial charge in [0.1, 0.15) is 0 Å². The lowest BCUT2D eigenvalue weighted by Gasteiger charge is -2.18. The Bertz CT molecular complexity index is 76.4. The Balaban J connectivity index is 2.03. The molecule has 1 radical (unpaired) electrons. The summed E-state index contributed by atoms with van der Waals surface area (Å²) in [4.78, 5) is 0. The van der Waals surface area contributed by atoms with Crippen LogP contribution < -0.4 is 5.32 Å². The Morgan fingerprint density at radius 1 is 1.25 bits per heavy atom. The summed E-state index contributed by atoms with van der Waals surface area (Å²) in [5.74, 6) is 0. The van der Waals surface area contributed by atoms with Crippen molar-refractivity contribution < 1.29 is 0 Å². The maximum absolute atomic E-state index is 3.51. The average molecular weight is 110 g/mol. The van der Waals surface area contributed by atoms with Gasteiger partial charge in [-0.3, -0.25) is 0 Å². The van der Waals surface area contributed by atoms with E-state index in [2.05, 4.69) is 5.32 Å². The van der Waals surface area contributed by atoms with E-state index in [0.717, 1.165) is 6.04 Å². The highest BCUT2D eigenvalue weighted by Crippen LogP contribution is 2.30. The SMILES string of the molecule is C1C[C]2CC[C@H](C1)N2. The second-order valence-electron chi connectivity index (χ2n) is 2.88. The minimum atomic E-state index is 0.874. The molecule has 2 rings (SSSR count). The first kappa shape index (κ1) is 4.80. The predicted molar refractivity (Wildman–Crippen MR) is 33.3 cm³/mol. The highest BCUT2D eigenvalue weighted by atomic mass is 15.0. The van der Waals surface area contributed by atoms with Gasteiger partial charge in [-0.1, -0.05) is 0 Å². The van der Waals surface area contributed by atoms with Crippen LogP contribution in [0, 0.1) is 6.04 Å². The zero-order valence-corrected chi connectivity index (χ0v) is 5.11. The second kappa shape index (κ2) is 1.73. The van der Waals surface area contributed by atoms with Crippen LogP contribution in [0.1, 0.15) is 32.1 Å². The molecule has 0 aromatic heterocycles. The van der Waals surface area contributed by atoms with Gasteiger partial charge >= 0.3 is 0 Å². The van der Waals surface area contributed by atoms with Crippen molar-refractivity contribution in [2.24, 2.45) is 0 Å². The van der Waals surface area contributed by atoms with Crippen molar-refractivity contribution in [2.45, 2.75) is 38.1 Å². The maximum Gasteiger partial charge on any atom is 0.0366 e. The molecule has 0 unspecified atom stereocenters. The van der Waals surface area contributed by atoms with Crippen LogP contribution in [0.25, 0.3) is 0 Å². The lowest BCUT2D eigenvalue weighted by molar-refractivity contribution is 0.471. The van der Waals surface area contributed by atoms with Gasteiger partial charge in [-0.05, 0) is 32.1 Å². The Kier molecular flexibility index (Phi) is 1.04. The lowest BCUT2D eigenvalue weighted by atomic mass is 10.1. The summed E-state index contributed by atoms with van der Waals surface area (Å²) >= 11 is 0. The van der Waals surface area contributed by atoms with Gasteiger partial charge in [-0.15, -0.1) is 0 Å². The molecular formula is C7H12N. The molecule has 0 aromatic carbocycles. The quantitative estimate of drug-likeness (QED) is 0.497. The van der Waals surface area contributed by atoms with Gasteiger partial charge in [0.15, 0.2) is 0 Å². The van der Waals surface area contributed by atoms with Crippen LogP contribution in [0.3, 0.4) is 0 Å². The van der Waals surface area contributed by atoms with Crippen LogP contribution in [-0.2, 0) is 0 Å². The lowest BCUT2D eigenvalue weighted by Crippen LogP contribution is -2.28. The molecule has 2 saturated heterocycles. The molecule has 2 heterocycles. The molecule has 0 spiro atoms. The average Bonchev–Trinajstić information content (AvgIpc) is 2.12. The minimum absolute atomic E-state index is 0.874. The van der Waals surface area contributed by atoms with Crippen molar-refractivity contribution >= 4 is 0 Å². The summed E-state index contributed by atoms with van der Waals surface area (Å²) in [5, 5.41) is 3.51. The zero-order valence-electron chi connectivity index (χ0n) is 5.11. The highest BCUT2D eigenvalue weighted by Gasteiger charge is 2.27. The van der Waals surface area contributed by atoms with E-state index in [1.165, 1.54) is 32.1 Å². The van der Waals surface area contributed by atoms with E-state index in [1.807, 2.05) is 0 Å². The van der Waals surface area contributed by atoms with Crippen molar-refractivity contribution in [2.75, 3.05) is 0 Å². The van der Waals surface area contributed by atoms with Gasteiger partial charge in [0.25, 0.3) is 0 Å². The number of fused-ring (bicyclic) bond motifs is 2. The Morgan fingerprint density at radius 2 is 2.25 bits per heavy atom. The first-order valence-electron chi connectivity index (χ1n) is 3.56. The van der Waals surface area contributed by atoms with Crippen molar-refractivity contribution in [3.8, 4) is 0 Å². The number of nitrogens with one attached hydrogen (secondary N) is 1. The Labute approximate surface area is 50.5 Å². The summed E-state index contributed by atoms with van der Waals surface area (Å²) in [6.07, 6.45) is 6.99. The van der Waals surface area contributed by atoms with Gasteiger partial charge in [-0.25, -0.2) is 0 Å². The molecule has 45 valence electrons. The molecule has 1 N–H and O–H groups in total. The fourth-order valence-electron chi connectivity index (χ4n) is 1.76. The topological polar surface area (TPSA) is 12.0 Å². The van der Waals surface area contributed by atoms with Crippen LogP contribution in [0.2, 0.25) is 0 Å². The minimum Gasteiger partial charge on any atom is -0.307 e. The molecular weight excluding hydrogens is 98.1 g/mol. The van der Waals surface area contributed by atoms with E-state index in [-0.39, 0.29) is 0 Å². The first-order chi connectivity index (χ1) is 3.95. The number of hydrogen-bond donors (Lipinski definition) is 1. The summed E-state index contributed by atoms with van der Waals surface area (Å²) in [5.41, 5.74) is 0. The van der Waals surface area contributed by atoms with Gasteiger partial charge < -0.3 is 5.32 Å². The fourth-order valence-corrected chi connectivity index (χ4v) is 1.76. The van der Waals surface area contributed by atoms with Gasteiger partial charge in [0.2, 0.25) is 0 Å². The Hall–Kier alpha value is -0.0400. The first-order valence-corrected chi connectivity index (χ1v) is 3.56. The fraction of sp³-hybridized carbons (Fsp3) is 0.857. The van der Waals surface area contributed by atoms with E-state index >= 15 is 0 Å². The largest absolute Gasteiger partial charge is 0.307 e. The van der Waals surface area contributed by atoms with Gasteiger partial charge in [0, 0.05) is 12.1 Å². The molecule has 2 bridgehead atoms. The van der Waals surface area contributed by atoms with Crippen LogP contribution in [0.15, 0.2) is 0 Å². The third kappa shape index (κ3) is 0.655. The highest BCUT2D eigenvalue weighted by molar-refractivity contribution is 5.00. The normalized spacial score (nSPS) is 38.2. The summed E-state index contributed by atoms with van der Waals surface area (Å²) in [6.45, 7) is 0. The number of rotatable bonds is 0. The molecule has 8 heavy (non-hydrogen) atoms. The molecule has 1 heteroatoms. The third-order valence-corrected chi connectivity index (χ3v) is 2.23. The summed E-state index contributed by atoms with van der Waals surface area (Å²) in [7, 11) is 0. The van der Waals surface area contributed by atoms with Crippen LogP contribution in [0.5, 0.6) is 0 Å².